The Bertz CT molecular complexity index is 375. The van der Waals surface area contributed by atoms with Gasteiger partial charge in [0, 0.05) is 32.5 Å². The van der Waals surface area contributed by atoms with Crippen LogP contribution in [-0.4, -0.2) is 40.0 Å². The summed E-state index contributed by atoms with van der Waals surface area (Å²) in [4.78, 5) is 17.9. The molecule has 1 aromatic rings. The molecule has 0 aliphatic carbocycles. The molecule has 1 N–H and O–H groups in total. The molecule has 5 heteroatoms. The van der Waals surface area contributed by atoms with E-state index in [0.29, 0.717) is 6.54 Å². The van der Waals surface area contributed by atoms with Gasteiger partial charge in [-0.05, 0) is 20.3 Å². The van der Waals surface area contributed by atoms with Gasteiger partial charge >= 0.3 is 0 Å². The van der Waals surface area contributed by atoms with Crippen molar-refractivity contribution in [1.82, 2.24) is 19.8 Å². The van der Waals surface area contributed by atoms with Gasteiger partial charge in [0.05, 0.1) is 12.6 Å². The highest BCUT2D eigenvalue weighted by Crippen LogP contribution is 2.00. The molecular formula is C13H24N4O. The predicted molar refractivity (Wildman–Crippen MR) is 72.1 cm³/mol. The number of aryl methyl sites for hydroxylation is 1. The Morgan fingerprint density at radius 2 is 2.28 bits per heavy atom. The molecule has 1 amide bonds. The molecule has 0 fully saturated rings. The number of imidazole rings is 1. The highest BCUT2D eigenvalue weighted by atomic mass is 16.2. The van der Waals surface area contributed by atoms with Crippen LogP contribution in [0.5, 0.6) is 0 Å². The molecule has 0 bridgehead atoms. The minimum absolute atomic E-state index is 0.117. The average Bonchev–Trinajstić information content (AvgIpc) is 2.82. The summed E-state index contributed by atoms with van der Waals surface area (Å²) in [6.45, 7) is 8.32. The molecule has 0 saturated carbocycles. The van der Waals surface area contributed by atoms with E-state index in [9.17, 15) is 4.79 Å². The maximum Gasteiger partial charge on any atom is 0.239 e. The van der Waals surface area contributed by atoms with E-state index < -0.39 is 0 Å². The first-order valence-corrected chi connectivity index (χ1v) is 6.58. The van der Waals surface area contributed by atoms with Gasteiger partial charge in [-0.2, -0.15) is 0 Å². The number of amides is 1. The van der Waals surface area contributed by atoms with Gasteiger partial charge in [-0.1, -0.05) is 6.92 Å². The average molecular weight is 252 g/mol. The molecule has 1 heterocycles. The van der Waals surface area contributed by atoms with E-state index in [-0.39, 0.29) is 11.9 Å². The van der Waals surface area contributed by atoms with Crippen molar-refractivity contribution in [2.24, 2.45) is 0 Å². The molecule has 102 valence electrons. The van der Waals surface area contributed by atoms with Crippen molar-refractivity contribution in [3.8, 4) is 0 Å². The van der Waals surface area contributed by atoms with Crippen LogP contribution in [0.15, 0.2) is 12.4 Å². The normalized spacial score (nSPS) is 12.4. The van der Waals surface area contributed by atoms with E-state index in [1.54, 1.807) is 11.1 Å². The third kappa shape index (κ3) is 3.84. The molecule has 1 atom stereocenters. The van der Waals surface area contributed by atoms with Crippen LogP contribution in [-0.2, 0) is 17.9 Å². The van der Waals surface area contributed by atoms with Crippen LogP contribution >= 0.6 is 0 Å². The van der Waals surface area contributed by atoms with Crippen LogP contribution in [0.1, 0.15) is 33.0 Å². The molecule has 18 heavy (non-hydrogen) atoms. The lowest BCUT2D eigenvalue weighted by Gasteiger charge is -2.20. The molecule has 0 aliphatic rings. The number of carbonyl (C=O) groups excluding carboxylic acids is 1. The van der Waals surface area contributed by atoms with Crippen molar-refractivity contribution in [3.05, 3.63) is 18.2 Å². The zero-order chi connectivity index (χ0) is 13.5. The Balaban J connectivity index is 2.49. The second-order valence-corrected chi connectivity index (χ2v) is 4.49. The summed E-state index contributed by atoms with van der Waals surface area (Å²) in [6, 6.07) is -0.179. The van der Waals surface area contributed by atoms with Gasteiger partial charge in [0.15, 0.2) is 0 Å². The lowest BCUT2D eigenvalue weighted by molar-refractivity contribution is -0.131. The fourth-order valence-electron chi connectivity index (χ4n) is 1.77. The number of carbonyl (C=O) groups is 1. The smallest absolute Gasteiger partial charge is 0.239 e. The Morgan fingerprint density at radius 3 is 2.89 bits per heavy atom. The SMILES string of the molecule is CCCn1ccnc1CNC(C)C(=O)N(C)CC. The minimum Gasteiger partial charge on any atom is -0.345 e. The molecular weight excluding hydrogens is 228 g/mol. The van der Waals surface area contributed by atoms with Gasteiger partial charge in [0.2, 0.25) is 5.91 Å². The van der Waals surface area contributed by atoms with E-state index in [0.717, 1.165) is 25.3 Å². The topological polar surface area (TPSA) is 50.2 Å². The lowest BCUT2D eigenvalue weighted by Crippen LogP contribution is -2.43. The highest BCUT2D eigenvalue weighted by Gasteiger charge is 2.16. The van der Waals surface area contributed by atoms with E-state index in [2.05, 4.69) is 21.8 Å². The van der Waals surface area contributed by atoms with Gasteiger partial charge in [-0.3, -0.25) is 10.1 Å². The third-order valence-corrected chi connectivity index (χ3v) is 3.05. The molecule has 0 spiro atoms. The van der Waals surface area contributed by atoms with Crippen LogP contribution in [0.3, 0.4) is 0 Å². The summed E-state index contributed by atoms with van der Waals surface area (Å²) in [5.74, 6) is 1.10. The number of aromatic nitrogens is 2. The van der Waals surface area contributed by atoms with Gasteiger partial charge in [0.25, 0.3) is 0 Å². The first-order valence-electron chi connectivity index (χ1n) is 6.58. The summed E-state index contributed by atoms with van der Waals surface area (Å²) in [6.07, 6.45) is 4.86. The lowest BCUT2D eigenvalue weighted by atomic mass is 10.3. The molecule has 0 radical (unpaired) electrons. The Morgan fingerprint density at radius 1 is 1.56 bits per heavy atom. The second-order valence-electron chi connectivity index (χ2n) is 4.49. The summed E-state index contributed by atoms with van der Waals surface area (Å²) in [5, 5.41) is 3.22. The number of rotatable bonds is 7. The van der Waals surface area contributed by atoms with Crippen LogP contribution in [0.4, 0.5) is 0 Å². The van der Waals surface area contributed by atoms with Crippen LogP contribution < -0.4 is 5.32 Å². The third-order valence-electron chi connectivity index (χ3n) is 3.05. The summed E-state index contributed by atoms with van der Waals surface area (Å²) < 4.78 is 2.12. The van der Waals surface area contributed by atoms with Crippen LogP contribution in [0, 0.1) is 0 Å². The Hall–Kier alpha value is -1.36. The van der Waals surface area contributed by atoms with E-state index in [4.69, 9.17) is 0 Å². The number of hydrogen-bond acceptors (Lipinski definition) is 3. The van der Waals surface area contributed by atoms with E-state index in [1.807, 2.05) is 27.1 Å². The monoisotopic (exact) mass is 252 g/mol. The fraction of sp³-hybridized carbons (Fsp3) is 0.692. The van der Waals surface area contributed by atoms with E-state index in [1.165, 1.54) is 0 Å². The van der Waals surface area contributed by atoms with Gasteiger partial charge in [0.1, 0.15) is 5.82 Å². The Labute approximate surface area is 109 Å². The van der Waals surface area contributed by atoms with Crippen molar-refractivity contribution >= 4 is 5.91 Å². The number of nitrogens with zero attached hydrogens (tertiary/aromatic N) is 3. The standard InChI is InChI=1S/C13H24N4O/c1-5-8-17-9-7-14-12(17)10-15-11(3)13(18)16(4)6-2/h7,9,11,15H,5-6,8,10H2,1-4H3. The molecule has 0 aliphatic heterocycles. The summed E-state index contributed by atoms with van der Waals surface area (Å²) in [7, 11) is 1.82. The van der Waals surface area contributed by atoms with Crippen LogP contribution in [0.2, 0.25) is 0 Å². The Kier molecular flexibility index (Phi) is 5.85. The zero-order valence-corrected chi connectivity index (χ0v) is 11.8. The highest BCUT2D eigenvalue weighted by molar-refractivity contribution is 5.81. The number of hydrogen-bond donors (Lipinski definition) is 1. The number of nitrogens with one attached hydrogen (secondary N) is 1. The number of likely N-dealkylation sites (N-methyl/N-ethyl adjacent to an activating group) is 1. The molecule has 5 nitrogen and oxygen atoms in total. The van der Waals surface area contributed by atoms with Crippen molar-refractivity contribution < 1.29 is 4.79 Å². The molecule has 1 aromatic heterocycles. The van der Waals surface area contributed by atoms with Gasteiger partial charge in [-0.15, -0.1) is 0 Å². The summed E-state index contributed by atoms with van der Waals surface area (Å²) >= 11 is 0. The fourth-order valence-corrected chi connectivity index (χ4v) is 1.77. The largest absolute Gasteiger partial charge is 0.345 e. The first-order chi connectivity index (χ1) is 8.60. The first kappa shape index (κ1) is 14.7. The molecule has 1 unspecified atom stereocenters. The summed E-state index contributed by atoms with van der Waals surface area (Å²) in [5.41, 5.74) is 0. The van der Waals surface area contributed by atoms with Gasteiger partial charge in [-0.25, -0.2) is 4.98 Å². The molecule has 0 aromatic carbocycles. The minimum atomic E-state index is -0.179. The van der Waals surface area contributed by atoms with Crippen molar-refractivity contribution in [3.63, 3.8) is 0 Å². The van der Waals surface area contributed by atoms with Crippen LogP contribution in [0.25, 0.3) is 0 Å². The zero-order valence-electron chi connectivity index (χ0n) is 11.8. The molecule has 0 saturated heterocycles. The van der Waals surface area contributed by atoms with Gasteiger partial charge < -0.3 is 9.47 Å². The van der Waals surface area contributed by atoms with Crippen molar-refractivity contribution in [1.29, 1.82) is 0 Å². The maximum absolute atomic E-state index is 11.9. The van der Waals surface area contributed by atoms with E-state index >= 15 is 0 Å². The van der Waals surface area contributed by atoms with Crippen molar-refractivity contribution in [2.45, 2.75) is 46.3 Å². The molecule has 1 rings (SSSR count). The maximum atomic E-state index is 11.9. The predicted octanol–water partition coefficient (Wildman–Crippen LogP) is 1.25. The van der Waals surface area contributed by atoms with Crippen molar-refractivity contribution in [2.75, 3.05) is 13.6 Å². The second kappa shape index (κ2) is 7.16. The quantitative estimate of drug-likeness (QED) is 0.794.